The number of hydrogen-bond acceptors (Lipinski definition) is 5. The van der Waals surface area contributed by atoms with Gasteiger partial charge in [0.2, 0.25) is 11.8 Å². The summed E-state index contributed by atoms with van der Waals surface area (Å²) in [4.78, 5) is 37.7. The van der Waals surface area contributed by atoms with Crippen molar-refractivity contribution in [3.63, 3.8) is 0 Å². The largest absolute Gasteiger partial charge is 0.444 e. The number of halogens is 1. The highest BCUT2D eigenvalue weighted by Crippen LogP contribution is 2.31. The first-order valence-electron chi connectivity index (χ1n) is 14.1. The van der Waals surface area contributed by atoms with E-state index in [1.165, 1.54) is 0 Å². The second kappa shape index (κ2) is 15.5. The van der Waals surface area contributed by atoms with Crippen molar-refractivity contribution in [2.45, 2.75) is 91.5 Å². The minimum Gasteiger partial charge on any atom is -0.444 e. The SMILES string of the molecule is CC(C)[C@H](NC(=O)OC(C)(C)C)C(=O)N[C@@H](C)C(=O)Nc1ccc(C[NH2+]/C=C(\C=C(\F)CN)C2CCCC2)cc1. The lowest BCUT2D eigenvalue weighted by Gasteiger charge is -2.26. The molecule has 1 saturated carbocycles. The van der Waals surface area contributed by atoms with Crippen LogP contribution >= 0.6 is 0 Å². The summed E-state index contributed by atoms with van der Waals surface area (Å²) in [6.07, 6.45) is 7.34. The van der Waals surface area contributed by atoms with Gasteiger partial charge >= 0.3 is 6.09 Å². The molecule has 222 valence electrons. The Morgan fingerprint density at radius 2 is 1.70 bits per heavy atom. The molecule has 2 rings (SSSR count). The standard InChI is InChI=1S/C30H46FN5O4/c1-19(2)26(36-29(39)40-30(4,5)6)28(38)34-20(3)27(37)35-25-13-11-21(12-14-25)17-33-18-23(15-24(31)16-32)22-9-7-8-10-22/h11-15,18-20,22,26,33H,7-10,16-17,32H2,1-6H3,(H,34,38)(H,35,37)(H,36,39)/p+1/b23-18+,24-15+/t20-,26-/m0/s1. The van der Waals surface area contributed by atoms with E-state index < -0.39 is 29.7 Å². The Kier molecular flexibility index (Phi) is 12.8. The van der Waals surface area contributed by atoms with Gasteiger partial charge in [0, 0.05) is 23.4 Å². The molecule has 1 aromatic carbocycles. The van der Waals surface area contributed by atoms with Crippen molar-refractivity contribution in [2.75, 3.05) is 11.9 Å². The van der Waals surface area contributed by atoms with Gasteiger partial charge in [-0.1, -0.05) is 38.8 Å². The van der Waals surface area contributed by atoms with Gasteiger partial charge in [-0.05, 0) is 70.6 Å². The lowest BCUT2D eigenvalue weighted by Crippen LogP contribution is -2.76. The maximum atomic E-state index is 13.8. The molecule has 0 bridgehead atoms. The Morgan fingerprint density at radius 3 is 2.25 bits per heavy atom. The summed E-state index contributed by atoms with van der Waals surface area (Å²) in [7, 11) is 0. The number of allylic oxidation sites excluding steroid dienone is 2. The van der Waals surface area contributed by atoms with Crippen molar-refractivity contribution in [2.24, 2.45) is 17.6 Å². The van der Waals surface area contributed by atoms with Gasteiger partial charge in [0.1, 0.15) is 30.1 Å². The molecule has 0 spiro atoms. The van der Waals surface area contributed by atoms with Crippen molar-refractivity contribution < 1.29 is 28.8 Å². The molecular weight excluding hydrogens is 513 g/mol. The van der Waals surface area contributed by atoms with Crippen LogP contribution in [0.2, 0.25) is 0 Å². The second-order valence-corrected chi connectivity index (χ2v) is 11.7. The number of anilines is 1. The highest BCUT2D eigenvalue weighted by atomic mass is 19.1. The maximum absolute atomic E-state index is 13.8. The molecule has 0 heterocycles. The minimum absolute atomic E-state index is 0.0964. The Labute approximate surface area is 237 Å². The number of hydrogen-bond donors (Lipinski definition) is 5. The smallest absolute Gasteiger partial charge is 0.408 e. The van der Waals surface area contributed by atoms with E-state index in [1.54, 1.807) is 59.8 Å². The fourth-order valence-electron chi connectivity index (χ4n) is 4.44. The summed E-state index contributed by atoms with van der Waals surface area (Å²) < 4.78 is 19.1. The number of amides is 3. The van der Waals surface area contributed by atoms with E-state index in [1.807, 2.05) is 23.6 Å². The lowest BCUT2D eigenvalue weighted by molar-refractivity contribution is -0.605. The molecule has 9 nitrogen and oxygen atoms in total. The Morgan fingerprint density at radius 1 is 1.07 bits per heavy atom. The molecule has 2 atom stereocenters. The molecule has 0 radical (unpaired) electrons. The average molecular weight is 561 g/mol. The number of rotatable bonds is 12. The third kappa shape index (κ3) is 11.5. The number of carbonyl (C=O) groups excluding carboxylic acids is 3. The van der Waals surface area contributed by atoms with Crippen LogP contribution in [0.1, 0.15) is 72.8 Å². The topological polar surface area (TPSA) is 139 Å². The van der Waals surface area contributed by atoms with Crippen molar-refractivity contribution in [1.82, 2.24) is 10.6 Å². The van der Waals surface area contributed by atoms with Crippen molar-refractivity contribution in [3.8, 4) is 0 Å². The number of carbonyl (C=O) groups is 3. The zero-order valence-corrected chi connectivity index (χ0v) is 24.7. The van der Waals surface area contributed by atoms with Crippen LogP contribution in [0.3, 0.4) is 0 Å². The normalized spacial score (nSPS) is 16.4. The highest BCUT2D eigenvalue weighted by Gasteiger charge is 2.29. The van der Waals surface area contributed by atoms with Crippen molar-refractivity contribution in [1.29, 1.82) is 0 Å². The van der Waals surface area contributed by atoms with E-state index in [0.717, 1.165) is 36.8 Å². The lowest BCUT2D eigenvalue weighted by atomic mass is 9.97. The van der Waals surface area contributed by atoms with Gasteiger partial charge in [-0.2, -0.15) is 0 Å². The van der Waals surface area contributed by atoms with Gasteiger partial charge in [-0.15, -0.1) is 0 Å². The van der Waals surface area contributed by atoms with E-state index in [-0.39, 0.29) is 24.2 Å². The molecule has 3 amide bonds. The number of alkyl carbamates (subject to hydrolysis) is 1. The van der Waals surface area contributed by atoms with Gasteiger partial charge in [-0.3, -0.25) is 9.59 Å². The summed E-state index contributed by atoms with van der Waals surface area (Å²) in [6.45, 7) is 11.0. The molecule has 7 N–H and O–H groups in total. The molecule has 10 heteroatoms. The predicted octanol–water partition coefficient (Wildman–Crippen LogP) is 3.63. The molecular formula is C30H47FN5O4+. The van der Waals surface area contributed by atoms with E-state index >= 15 is 0 Å². The number of nitrogens with two attached hydrogens (primary N) is 2. The van der Waals surface area contributed by atoms with Gasteiger partial charge in [0.25, 0.3) is 0 Å². The van der Waals surface area contributed by atoms with E-state index in [2.05, 4.69) is 16.0 Å². The Balaban J connectivity index is 1.91. The summed E-state index contributed by atoms with van der Waals surface area (Å²) >= 11 is 0. The zero-order valence-electron chi connectivity index (χ0n) is 24.7. The van der Waals surface area contributed by atoms with E-state index in [4.69, 9.17) is 10.5 Å². The van der Waals surface area contributed by atoms with Crippen molar-refractivity contribution >= 4 is 23.6 Å². The fourth-order valence-corrected chi connectivity index (χ4v) is 4.44. The predicted molar refractivity (Wildman–Crippen MR) is 155 cm³/mol. The summed E-state index contributed by atoms with van der Waals surface area (Å²) in [6, 6.07) is 5.73. The first kappa shape index (κ1) is 33.0. The van der Waals surface area contributed by atoms with E-state index in [9.17, 15) is 18.8 Å². The first-order valence-corrected chi connectivity index (χ1v) is 14.1. The molecule has 1 aliphatic carbocycles. The Hall–Kier alpha value is -3.24. The van der Waals surface area contributed by atoms with Gasteiger partial charge < -0.3 is 31.7 Å². The number of ether oxygens (including phenoxy) is 1. The highest BCUT2D eigenvalue weighted by molar-refractivity contribution is 5.98. The minimum atomic E-state index is -0.855. The van der Waals surface area contributed by atoms with Crippen LogP contribution in [-0.2, 0) is 20.9 Å². The first-order chi connectivity index (χ1) is 18.8. The quantitative estimate of drug-likeness (QED) is 0.249. The summed E-state index contributed by atoms with van der Waals surface area (Å²) in [5.74, 6) is -1.01. The van der Waals surface area contributed by atoms with E-state index in [0.29, 0.717) is 18.2 Å². The van der Waals surface area contributed by atoms with Gasteiger partial charge in [-0.25, -0.2) is 9.18 Å². The number of nitrogens with one attached hydrogen (secondary N) is 3. The van der Waals surface area contributed by atoms with Crippen LogP contribution in [0.4, 0.5) is 14.9 Å². The van der Waals surface area contributed by atoms with Crippen LogP contribution in [0.15, 0.2) is 47.9 Å². The third-order valence-corrected chi connectivity index (χ3v) is 6.60. The number of quaternary nitrogens is 1. The zero-order chi connectivity index (χ0) is 29.9. The fraction of sp³-hybridized carbons (Fsp3) is 0.567. The van der Waals surface area contributed by atoms with Crippen molar-refractivity contribution in [3.05, 3.63) is 53.5 Å². The molecule has 0 saturated heterocycles. The number of benzene rings is 1. The van der Waals surface area contributed by atoms with Gasteiger partial charge in [0.15, 0.2) is 0 Å². The third-order valence-electron chi connectivity index (χ3n) is 6.60. The van der Waals surface area contributed by atoms with Crippen LogP contribution in [0.25, 0.3) is 0 Å². The van der Waals surface area contributed by atoms with Crippen LogP contribution in [0.5, 0.6) is 0 Å². The van der Waals surface area contributed by atoms with Gasteiger partial charge in [0.05, 0.1) is 6.20 Å². The second-order valence-electron chi connectivity index (χ2n) is 11.7. The molecule has 40 heavy (non-hydrogen) atoms. The molecule has 1 fully saturated rings. The van der Waals surface area contributed by atoms with Crippen LogP contribution in [0, 0.1) is 11.8 Å². The molecule has 1 aliphatic rings. The van der Waals surface area contributed by atoms with Crippen LogP contribution < -0.4 is 27.0 Å². The Bertz CT molecular complexity index is 1060. The molecule has 0 aliphatic heterocycles. The maximum Gasteiger partial charge on any atom is 0.408 e. The summed E-state index contributed by atoms with van der Waals surface area (Å²) in [5, 5.41) is 10.1. The summed E-state index contributed by atoms with van der Waals surface area (Å²) in [5.41, 5.74) is 7.37. The molecule has 1 aromatic rings. The molecule has 0 unspecified atom stereocenters. The van der Waals surface area contributed by atoms with Crippen LogP contribution in [-0.4, -0.2) is 42.1 Å². The average Bonchev–Trinajstić information content (AvgIpc) is 3.41. The molecule has 0 aromatic heterocycles. The monoisotopic (exact) mass is 560 g/mol.